The summed E-state index contributed by atoms with van der Waals surface area (Å²) < 4.78 is 15.8. The van der Waals surface area contributed by atoms with Gasteiger partial charge in [-0.15, -0.1) is 11.8 Å². The van der Waals surface area contributed by atoms with Gasteiger partial charge in [0.1, 0.15) is 0 Å². The van der Waals surface area contributed by atoms with Gasteiger partial charge in [0.05, 0.1) is 5.75 Å². The fraction of sp³-hybridized carbons (Fsp3) is 0.333. The number of fused-ring (bicyclic) bond motifs is 2. The van der Waals surface area contributed by atoms with E-state index >= 15 is 0 Å². The number of hydrogen-bond acceptors (Lipinski definition) is 6. The third-order valence-electron chi connectivity index (χ3n) is 4.74. The summed E-state index contributed by atoms with van der Waals surface area (Å²) in [5.41, 5.74) is 3.33. The molecular formula is C21H21NO5S. The third-order valence-corrected chi connectivity index (χ3v) is 5.71. The number of carbonyl (C=O) groups excluding carboxylic acids is 2. The Morgan fingerprint density at radius 2 is 1.93 bits per heavy atom. The van der Waals surface area contributed by atoms with Crippen molar-refractivity contribution in [3.05, 3.63) is 47.5 Å². The molecule has 6 nitrogen and oxygen atoms in total. The van der Waals surface area contributed by atoms with Crippen molar-refractivity contribution in [2.75, 3.05) is 17.9 Å². The SMILES string of the molecule is C[C@@H](OC(=O)CSc1ccc2c(c1)CCC2)C(=O)Nc1ccc2c(c1)OCO2. The van der Waals surface area contributed by atoms with Crippen LogP contribution in [0.4, 0.5) is 5.69 Å². The van der Waals surface area contributed by atoms with Gasteiger partial charge in [-0.05, 0) is 61.6 Å². The Morgan fingerprint density at radius 3 is 2.82 bits per heavy atom. The van der Waals surface area contributed by atoms with Gasteiger partial charge in [0.2, 0.25) is 6.79 Å². The smallest absolute Gasteiger partial charge is 0.317 e. The first-order chi connectivity index (χ1) is 13.6. The maximum absolute atomic E-state index is 12.3. The molecule has 1 atom stereocenters. The topological polar surface area (TPSA) is 73.9 Å². The zero-order chi connectivity index (χ0) is 19.5. The lowest BCUT2D eigenvalue weighted by atomic mass is 10.1. The molecule has 1 N–H and O–H groups in total. The van der Waals surface area contributed by atoms with Crippen LogP contribution in [-0.4, -0.2) is 30.5 Å². The summed E-state index contributed by atoms with van der Waals surface area (Å²) >= 11 is 1.43. The van der Waals surface area contributed by atoms with Gasteiger partial charge in [-0.25, -0.2) is 0 Å². The molecule has 0 aromatic heterocycles. The lowest BCUT2D eigenvalue weighted by Gasteiger charge is -2.14. The van der Waals surface area contributed by atoms with E-state index in [4.69, 9.17) is 14.2 Å². The number of benzene rings is 2. The van der Waals surface area contributed by atoms with Crippen molar-refractivity contribution in [3.8, 4) is 11.5 Å². The van der Waals surface area contributed by atoms with Gasteiger partial charge in [0, 0.05) is 16.6 Å². The second-order valence-corrected chi connectivity index (χ2v) is 7.81. The van der Waals surface area contributed by atoms with E-state index in [9.17, 15) is 9.59 Å². The van der Waals surface area contributed by atoms with Crippen LogP contribution in [0.25, 0.3) is 0 Å². The Morgan fingerprint density at radius 1 is 1.11 bits per heavy atom. The monoisotopic (exact) mass is 399 g/mol. The lowest BCUT2D eigenvalue weighted by molar-refractivity contribution is -0.150. The molecule has 7 heteroatoms. The Labute approximate surface area is 167 Å². The highest BCUT2D eigenvalue weighted by Crippen LogP contribution is 2.34. The first kappa shape index (κ1) is 18.7. The Hall–Kier alpha value is -2.67. The third kappa shape index (κ3) is 4.25. The quantitative estimate of drug-likeness (QED) is 0.591. The van der Waals surface area contributed by atoms with E-state index in [0.29, 0.717) is 17.2 Å². The summed E-state index contributed by atoms with van der Waals surface area (Å²) in [6, 6.07) is 11.4. The summed E-state index contributed by atoms with van der Waals surface area (Å²) in [5.74, 6) is 0.572. The van der Waals surface area contributed by atoms with Crippen LogP contribution in [0.2, 0.25) is 0 Å². The molecule has 2 aromatic rings. The van der Waals surface area contributed by atoms with Crippen LogP contribution in [0.3, 0.4) is 0 Å². The molecule has 1 amide bonds. The number of anilines is 1. The molecule has 2 aromatic carbocycles. The summed E-state index contributed by atoms with van der Waals surface area (Å²) in [4.78, 5) is 25.4. The molecule has 0 fully saturated rings. The van der Waals surface area contributed by atoms with Gasteiger partial charge in [-0.3, -0.25) is 9.59 Å². The van der Waals surface area contributed by atoms with Crippen LogP contribution in [0.5, 0.6) is 11.5 Å². The second-order valence-electron chi connectivity index (χ2n) is 6.76. The van der Waals surface area contributed by atoms with E-state index in [1.807, 2.05) is 6.07 Å². The second kappa shape index (κ2) is 8.14. The van der Waals surface area contributed by atoms with Crippen molar-refractivity contribution >= 4 is 29.3 Å². The minimum Gasteiger partial charge on any atom is -0.454 e. The van der Waals surface area contributed by atoms with Gasteiger partial charge in [-0.1, -0.05) is 6.07 Å². The zero-order valence-corrected chi connectivity index (χ0v) is 16.3. The Bertz CT molecular complexity index is 914. The number of esters is 1. The molecule has 0 saturated carbocycles. The molecule has 1 aliphatic heterocycles. The molecule has 0 radical (unpaired) electrons. The van der Waals surface area contributed by atoms with Crippen molar-refractivity contribution in [1.29, 1.82) is 0 Å². The number of carbonyl (C=O) groups is 2. The van der Waals surface area contributed by atoms with Gasteiger partial charge >= 0.3 is 5.97 Å². The normalized spacial score (nSPS) is 15.0. The molecule has 28 heavy (non-hydrogen) atoms. The molecule has 1 aliphatic carbocycles. The molecule has 0 spiro atoms. The van der Waals surface area contributed by atoms with Gasteiger partial charge in [0.15, 0.2) is 17.6 Å². The number of aryl methyl sites for hydroxylation is 2. The van der Waals surface area contributed by atoms with Crippen LogP contribution in [-0.2, 0) is 27.2 Å². The number of amides is 1. The van der Waals surface area contributed by atoms with E-state index in [2.05, 4.69) is 17.4 Å². The fourth-order valence-corrected chi connectivity index (χ4v) is 4.03. The first-order valence-corrected chi connectivity index (χ1v) is 10.2. The molecular weight excluding hydrogens is 378 g/mol. The summed E-state index contributed by atoms with van der Waals surface area (Å²) in [7, 11) is 0. The van der Waals surface area contributed by atoms with Crippen molar-refractivity contribution < 1.29 is 23.8 Å². The highest BCUT2D eigenvalue weighted by Gasteiger charge is 2.20. The van der Waals surface area contributed by atoms with E-state index < -0.39 is 18.0 Å². The molecule has 0 saturated heterocycles. The highest BCUT2D eigenvalue weighted by molar-refractivity contribution is 8.00. The van der Waals surface area contributed by atoms with Crippen LogP contribution >= 0.6 is 11.8 Å². The van der Waals surface area contributed by atoms with Crippen molar-refractivity contribution in [3.63, 3.8) is 0 Å². The minimum absolute atomic E-state index is 0.167. The summed E-state index contributed by atoms with van der Waals surface area (Å²) in [5, 5.41) is 2.72. The number of thioether (sulfide) groups is 1. The molecule has 4 rings (SSSR count). The summed E-state index contributed by atoms with van der Waals surface area (Å²) in [6.07, 6.45) is 2.55. The van der Waals surface area contributed by atoms with E-state index in [-0.39, 0.29) is 12.5 Å². The number of nitrogens with one attached hydrogen (secondary N) is 1. The van der Waals surface area contributed by atoms with Gasteiger partial charge in [-0.2, -0.15) is 0 Å². The average Bonchev–Trinajstić information content (AvgIpc) is 3.34. The number of hydrogen-bond donors (Lipinski definition) is 1. The average molecular weight is 399 g/mol. The van der Waals surface area contributed by atoms with Crippen LogP contribution in [0, 0.1) is 0 Å². The van der Waals surface area contributed by atoms with E-state index in [1.165, 1.54) is 29.3 Å². The first-order valence-electron chi connectivity index (χ1n) is 9.23. The minimum atomic E-state index is -0.890. The molecule has 2 aliphatic rings. The molecule has 1 heterocycles. The highest BCUT2D eigenvalue weighted by atomic mass is 32.2. The maximum atomic E-state index is 12.3. The van der Waals surface area contributed by atoms with Gasteiger partial charge < -0.3 is 19.5 Å². The number of rotatable bonds is 6. The van der Waals surface area contributed by atoms with Crippen molar-refractivity contribution in [1.82, 2.24) is 0 Å². The largest absolute Gasteiger partial charge is 0.454 e. The lowest BCUT2D eigenvalue weighted by Crippen LogP contribution is -2.30. The van der Waals surface area contributed by atoms with Crippen molar-refractivity contribution in [2.45, 2.75) is 37.2 Å². The predicted molar refractivity (Wildman–Crippen MR) is 106 cm³/mol. The standard InChI is InChI=1S/C21H21NO5S/c1-13(21(24)22-16-6-8-18-19(10-16)26-12-25-18)27-20(23)11-28-17-7-5-14-3-2-4-15(14)9-17/h5-10,13H,2-4,11-12H2,1H3,(H,22,24)/t13-/m1/s1. The fourth-order valence-electron chi connectivity index (χ4n) is 3.28. The van der Waals surface area contributed by atoms with E-state index in [1.54, 1.807) is 25.1 Å². The maximum Gasteiger partial charge on any atom is 0.317 e. The number of ether oxygens (including phenoxy) is 3. The Balaban J connectivity index is 1.26. The Kier molecular flexibility index (Phi) is 5.43. The van der Waals surface area contributed by atoms with Crippen LogP contribution in [0.1, 0.15) is 24.5 Å². The zero-order valence-electron chi connectivity index (χ0n) is 15.5. The van der Waals surface area contributed by atoms with E-state index in [0.717, 1.165) is 17.7 Å². The van der Waals surface area contributed by atoms with Crippen LogP contribution < -0.4 is 14.8 Å². The molecule has 146 valence electrons. The predicted octanol–water partition coefficient (Wildman–Crippen LogP) is 3.57. The van der Waals surface area contributed by atoms with Crippen LogP contribution in [0.15, 0.2) is 41.3 Å². The molecule has 0 unspecified atom stereocenters. The van der Waals surface area contributed by atoms with Crippen molar-refractivity contribution in [2.24, 2.45) is 0 Å². The van der Waals surface area contributed by atoms with Gasteiger partial charge in [0.25, 0.3) is 5.91 Å². The summed E-state index contributed by atoms with van der Waals surface area (Å²) in [6.45, 7) is 1.73. The molecule has 0 bridgehead atoms.